The van der Waals surface area contributed by atoms with Crippen molar-refractivity contribution in [1.82, 2.24) is 15.1 Å². The highest BCUT2D eigenvalue weighted by molar-refractivity contribution is 5.98. The van der Waals surface area contributed by atoms with Gasteiger partial charge in [-0.05, 0) is 44.5 Å². The maximum atomic E-state index is 15.3. The average Bonchev–Trinajstić information content (AvgIpc) is 3.43. The van der Waals surface area contributed by atoms with E-state index in [1.807, 2.05) is 29.2 Å². The number of ketones is 1. The molecular weight excluding hydrogens is 609 g/mol. The molecule has 3 aliphatic rings. The summed E-state index contributed by atoms with van der Waals surface area (Å²) >= 11 is 0. The first kappa shape index (κ1) is 34.1. The number of halogens is 1. The van der Waals surface area contributed by atoms with E-state index in [-0.39, 0.29) is 37.6 Å². The monoisotopic (exact) mass is 653 g/mol. The van der Waals surface area contributed by atoms with Crippen molar-refractivity contribution in [3.05, 3.63) is 59.4 Å². The lowest BCUT2D eigenvalue weighted by atomic mass is 10.0. The number of alkyl carbamates (subject to hydrolysis) is 1. The third-order valence-corrected chi connectivity index (χ3v) is 8.31. The molecule has 3 saturated heterocycles. The number of Topliss-reactive ketones (excluding diaryl/α,β-unsaturated/α-hetero) is 1. The summed E-state index contributed by atoms with van der Waals surface area (Å²) in [4.78, 5) is 57.3. The quantitative estimate of drug-likeness (QED) is 0.382. The van der Waals surface area contributed by atoms with Gasteiger partial charge in [0.05, 0.1) is 37.7 Å². The van der Waals surface area contributed by atoms with Crippen molar-refractivity contribution >= 4 is 35.3 Å². The molecule has 0 spiro atoms. The average molecular weight is 654 g/mol. The van der Waals surface area contributed by atoms with Gasteiger partial charge in [0.1, 0.15) is 17.5 Å². The lowest BCUT2D eigenvalue weighted by Crippen LogP contribution is -2.49. The zero-order chi connectivity index (χ0) is 33.6. The molecule has 0 unspecified atom stereocenters. The predicted octanol–water partition coefficient (Wildman–Crippen LogP) is 3.82. The van der Waals surface area contributed by atoms with Crippen LogP contribution in [0.5, 0.6) is 0 Å². The minimum absolute atomic E-state index is 0.0652. The molecular formula is C34H44FN5O7. The molecule has 1 atom stereocenters. The second-order valence-corrected chi connectivity index (χ2v) is 13.0. The Morgan fingerprint density at radius 1 is 0.957 bits per heavy atom. The maximum absolute atomic E-state index is 15.3. The van der Waals surface area contributed by atoms with Crippen LogP contribution >= 0.6 is 0 Å². The molecule has 3 amide bonds. The number of anilines is 2. The number of cyclic esters (lactones) is 1. The molecule has 47 heavy (non-hydrogen) atoms. The molecule has 3 aliphatic heterocycles. The summed E-state index contributed by atoms with van der Waals surface area (Å²) in [6, 6.07) is 12.2. The minimum atomic E-state index is -0.651. The van der Waals surface area contributed by atoms with E-state index in [9.17, 15) is 19.2 Å². The zero-order valence-electron chi connectivity index (χ0n) is 27.3. The van der Waals surface area contributed by atoms with Crippen LogP contribution in [0.1, 0.15) is 49.5 Å². The molecule has 254 valence electrons. The molecule has 0 aliphatic carbocycles. The van der Waals surface area contributed by atoms with Crippen molar-refractivity contribution in [2.24, 2.45) is 0 Å². The number of ether oxygens (including phenoxy) is 3. The molecule has 12 nitrogen and oxygen atoms in total. The number of morpholine rings is 1. The Bertz CT molecular complexity index is 1430. The highest BCUT2D eigenvalue weighted by atomic mass is 19.1. The van der Waals surface area contributed by atoms with Crippen molar-refractivity contribution in [2.45, 2.75) is 51.9 Å². The van der Waals surface area contributed by atoms with Crippen LogP contribution in [0.3, 0.4) is 0 Å². The van der Waals surface area contributed by atoms with Crippen LogP contribution in [0.15, 0.2) is 42.5 Å². The van der Waals surface area contributed by atoms with Gasteiger partial charge < -0.3 is 29.3 Å². The summed E-state index contributed by atoms with van der Waals surface area (Å²) in [6.45, 7) is 11.3. The lowest BCUT2D eigenvalue weighted by molar-refractivity contribution is -0.131. The summed E-state index contributed by atoms with van der Waals surface area (Å²) < 4.78 is 31.2. The van der Waals surface area contributed by atoms with Crippen molar-refractivity contribution in [3.8, 4) is 0 Å². The first-order valence-corrected chi connectivity index (χ1v) is 16.1. The van der Waals surface area contributed by atoms with E-state index in [1.165, 1.54) is 11.0 Å². The Balaban J connectivity index is 1.05. The third kappa shape index (κ3) is 9.41. The van der Waals surface area contributed by atoms with E-state index in [4.69, 9.17) is 14.2 Å². The van der Waals surface area contributed by atoms with Gasteiger partial charge in [-0.1, -0.05) is 24.3 Å². The number of nitrogens with zero attached hydrogens (tertiary/aromatic N) is 4. The summed E-state index contributed by atoms with van der Waals surface area (Å²) in [6.07, 6.45) is -1.59. The largest absolute Gasteiger partial charge is 0.444 e. The van der Waals surface area contributed by atoms with Gasteiger partial charge in [0.25, 0.3) is 0 Å². The van der Waals surface area contributed by atoms with Gasteiger partial charge in [0.15, 0.2) is 5.78 Å². The molecule has 5 rings (SSSR count). The molecule has 0 aromatic heterocycles. The minimum Gasteiger partial charge on any atom is -0.444 e. The van der Waals surface area contributed by atoms with Gasteiger partial charge in [-0.25, -0.2) is 14.0 Å². The summed E-state index contributed by atoms with van der Waals surface area (Å²) in [5.41, 5.74) is 1.81. The van der Waals surface area contributed by atoms with Crippen molar-refractivity contribution in [1.29, 1.82) is 0 Å². The SMILES string of the molecule is CC(C)(C)OC(=O)NC[C@H]1CN(c2ccc(N3CCN(C(=O)CCC(=O)c4ccc(CN5CCOCC5)cc4)CC3)c(F)c2)C(=O)O1. The van der Waals surface area contributed by atoms with E-state index >= 15 is 4.39 Å². The van der Waals surface area contributed by atoms with Crippen LogP contribution in [-0.4, -0.2) is 111 Å². The van der Waals surface area contributed by atoms with Crippen molar-refractivity contribution < 1.29 is 37.8 Å². The summed E-state index contributed by atoms with van der Waals surface area (Å²) in [7, 11) is 0. The van der Waals surface area contributed by atoms with E-state index in [1.54, 1.807) is 37.8 Å². The Morgan fingerprint density at radius 3 is 2.32 bits per heavy atom. The zero-order valence-corrected chi connectivity index (χ0v) is 27.3. The molecule has 0 saturated carbocycles. The van der Waals surface area contributed by atoms with Gasteiger partial charge >= 0.3 is 12.2 Å². The highest BCUT2D eigenvalue weighted by Crippen LogP contribution is 2.29. The second-order valence-electron chi connectivity index (χ2n) is 13.0. The number of carbonyl (C=O) groups excluding carboxylic acids is 4. The standard InChI is InChI=1S/C34H44FN5O7/c1-34(2,3)47-32(43)36-21-27-23-40(33(44)46-27)26-8-9-29(28(35)20-26)38-12-14-39(15-13-38)31(42)11-10-30(41)25-6-4-24(5-7-25)22-37-16-18-45-19-17-37/h4-9,20,27H,10-19,21-23H2,1-3H3,(H,36,43)/t27-/m0/s1. The molecule has 1 N–H and O–H groups in total. The number of benzene rings is 2. The Labute approximate surface area is 274 Å². The number of carbonyl (C=O) groups is 4. The van der Waals surface area contributed by atoms with Gasteiger partial charge in [0.2, 0.25) is 5.91 Å². The van der Waals surface area contributed by atoms with Crippen LogP contribution in [0.4, 0.5) is 25.4 Å². The predicted molar refractivity (Wildman–Crippen MR) is 173 cm³/mol. The van der Waals surface area contributed by atoms with Gasteiger partial charge in [0, 0.05) is 64.2 Å². The number of hydrogen-bond acceptors (Lipinski definition) is 9. The first-order chi connectivity index (χ1) is 22.4. The summed E-state index contributed by atoms with van der Waals surface area (Å²) in [5, 5.41) is 2.59. The fourth-order valence-electron chi connectivity index (χ4n) is 5.80. The molecule has 2 aromatic rings. The molecule has 13 heteroatoms. The van der Waals surface area contributed by atoms with Gasteiger partial charge in [-0.15, -0.1) is 0 Å². The van der Waals surface area contributed by atoms with Crippen molar-refractivity contribution in [3.63, 3.8) is 0 Å². The first-order valence-electron chi connectivity index (χ1n) is 16.1. The number of rotatable bonds is 10. The van der Waals surface area contributed by atoms with Gasteiger partial charge in [-0.2, -0.15) is 0 Å². The van der Waals surface area contributed by atoms with E-state index in [0.717, 1.165) is 38.4 Å². The van der Waals surface area contributed by atoms with Crippen LogP contribution < -0.4 is 15.1 Å². The number of amides is 3. The van der Waals surface area contributed by atoms with E-state index in [0.29, 0.717) is 43.1 Å². The van der Waals surface area contributed by atoms with Crippen LogP contribution in [0.2, 0.25) is 0 Å². The van der Waals surface area contributed by atoms with Crippen LogP contribution in [-0.2, 0) is 25.5 Å². The van der Waals surface area contributed by atoms with E-state index in [2.05, 4.69) is 10.2 Å². The fraction of sp³-hybridized carbons (Fsp3) is 0.529. The highest BCUT2D eigenvalue weighted by Gasteiger charge is 2.34. The molecule has 3 fully saturated rings. The maximum Gasteiger partial charge on any atom is 0.414 e. The Morgan fingerprint density at radius 2 is 1.66 bits per heavy atom. The summed E-state index contributed by atoms with van der Waals surface area (Å²) in [5.74, 6) is -0.655. The van der Waals surface area contributed by atoms with E-state index < -0.39 is 29.7 Å². The smallest absolute Gasteiger partial charge is 0.414 e. The topological polar surface area (TPSA) is 121 Å². The fourth-order valence-corrected chi connectivity index (χ4v) is 5.80. The number of nitrogens with one attached hydrogen (secondary N) is 1. The lowest BCUT2D eigenvalue weighted by Gasteiger charge is -2.36. The molecule has 0 bridgehead atoms. The van der Waals surface area contributed by atoms with Crippen molar-refractivity contribution in [2.75, 3.05) is 75.4 Å². The third-order valence-electron chi connectivity index (χ3n) is 8.31. The molecule has 3 heterocycles. The number of hydrogen-bond donors (Lipinski definition) is 1. The van der Waals surface area contributed by atoms with Gasteiger partial charge in [-0.3, -0.25) is 19.4 Å². The second kappa shape index (κ2) is 15.1. The van der Waals surface area contributed by atoms with Crippen LogP contribution in [0.25, 0.3) is 0 Å². The normalized spacial score (nSPS) is 19.0. The Hall–Kier alpha value is -4.23. The number of piperazine rings is 1. The molecule has 2 aromatic carbocycles. The van der Waals surface area contributed by atoms with Crippen LogP contribution in [0, 0.1) is 5.82 Å². The molecule has 0 radical (unpaired) electrons. The Kier molecular flexibility index (Phi) is 11.0.